The molecule has 18 heavy (non-hydrogen) atoms. The van der Waals surface area contributed by atoms with Crippen LogP contribution in [0.15, 0.2) is 24.3 Å². The Bertz CT molecular complexity index is 395. The average Bonchev–Trinajstić information content (AvgIpc) is 2.29. The van der Waals surface area contributed by atoms with Gasteiger partial charge in [-0.1, -0.05) is 19.1 Å². The maximum absolute atomic E-state index is 13.1. The van der Waals surface area contributed by atoms with E-state index in [4.69, 9.17) is 5.11 Å². The van der Waals surface area contributed by atoms with Crippen molar-refractivity contribution < 1.29 is 14.3 Å². The second-order valence-electron chi connectivity index (χ2n) is 4.46. The first-order valence-corrected chi connectivity index (χ1v) is 6.23. The zero-order chi connectivity index (χ0) is 13.5. The van der Waals surface area contributed by atoms with Crippen LogP contribution in [-0.2, 0) is 11.2 Å². The van der Waals surface area contributed by atoms with Gasteiger partial charge in [-0.05, 0) is 37.6 Å². The number of carbonyl (C=O) groups is 1. The van der Waals surface area contributed by atoms with Gasteiger partial charge in [0.25, 0.3) is 0 Å². The minimum absolute atomic E-state index is 0.140. The summed E-state index contributed by atoms with van der Waals surface area (Å²) in [6.45, 7) is 5.37. The van der Waals surface area contributed by atoms with Gasteiger partial charge in [0, 0.05) is 12.6 Å². The predicted octanol–water partition coefficient (Wildman–Crippen LogP) is 2.55. The van der Waals surface area contributed by atoms with Crippen LogP contribution >= 0.6 is 0 Å². The summed E-state index contributed by atoms with van der Waals surface area (Å²) in [5.41, 5.74) is 0.941. The molecule has 0 aromatic heterocycles. The van der Waals surface area contributed by atoms with Gasteiger partial charge in [-0.2, -0.15) is 0 Å². The molecule has 0 bridgehead atoms. The minimum Gasteiger partial charge on any atom is -0.481 e. The summed E-state index contributed by atoms with van der Waals surface area (Å²) < 4.78 is 13.1. The zero-order valence-corrected chi connectivity index (χ0v) is 10.9. The molecule has 0 aliphatic rings. The summed E-state index contributed by atoms with van der Waals surface area (Å²) in [5, 5.41) is 8.69. The lowest BCUT2D eigenvalue weighted by atomic mass is 10.1. The lowest BCUT2D eigenvalue weighted by Gasteiger charge is -2.27. The summed E-state index contributed by atoms with van der Waals surface area (Å²) >= 11 is 0. The van der Waals surface area contributed by atoms with Crippen molar-refractivity contribution in [2.75, 3.05) is 13.1 Å². The smallest absolute Gasteiger partial charge is 0.304 e. The van der Waals surface area contributed by atoms with Crippen LogP contribution < -0.4 is 0 Å². The maximum atomic E-state index is 13.1. The van der Waals surface area contributed by atoms with Crippen LogP contribution in [0.4, 0.5) is 4.39 Å². The van der Waals surface area contributed by atoms with Crippen molar-refractivity contribution in [3.8, 4) is 0 Å². The van der Waals surface area contributed by atoms with Crippen LogP contribution in [0.5, 0.6) is 0 Å². The fourth-order valence-electron chi connectivity index (χ4n) is 2.06. The predicted molar refractivity (Wildman–Crippen MR) is 69.1 cm³/mol. The van der Waals surface area contributed by atoms with Gasteiger partial charge in [0.1, 0.15) is 5.82 Å². The van der Waals surface area contributed by atoms with Crippen LogP contribution in [-0.4, -0.2) is 35.1 Å². The number of hydrogen-bond donors (Lipinski definition) is 1. The highest BCUT2D eigenvalue weighted by Crippen LogP contribution is 2.10. The molecule has 0 heterocycles. The van der Waals surface area contributed by atoms with E-state index in [1.165, 1.54) is 12.1 Å². The van der Waals surface area contributed by atoms with E-state index in [0.29, 0.717) is 6.54 Å². The Labute approximate surface area is 107 Å². The third kappa shape index (κ3) is 4.84. The van der Waals surface area contributed by atoms with Crippen molar-refractivity contribution in [2.45, 2.75) is 32.7 Å². The molecule has 0 saturated carbocycles. The fourth-order valence-corrected chi connectivity index (χ4v) is 2.06. The molecule has 0 saturated heterocycles. The number of carboxylic acids is 1. The summed E-state index contributed by atoms with van der Waals surface area (Å²) in [6.07, 6.45) is 0.868. The molecule has 100 valence electrons. The van der Waals surface area contributed by atoms with Crippen LogP contribution in [0.1, 0.15) is 25.8 Å². The van der Waals surface area contributed by atoms with E-state index in [1.54, 1.807) is 6.07 Å². The largest absolute Gasteiger partial charge is 0.481 e. The zero-order valence-electron chi connectivity index (χ0n) is 10.9. The van der Waals surface area contributed by atoms with E-state index in [1.807, 2.05) is 19.9 Å². The quantitative estimate of drug-likeness (QED) is 0.812. The minimum atomic E-state index is -0.786. The number of benzene rings is 1. The molecule has 0 radical (unpaired) electrons. The molecule has 0 fully saturated rings. The van der Waals surface area contributed by atoms with E-state index in [0.717, 1.165) is 18.5 Å². The molecular formula is C14H20FNO2. The second kappa shape index (κ2) is 7.11. The average molecular weight is 253 g/mol. The molecule has 0 aliphatic carbocycles. The van der Waals surface area contributed by atoms with Gasteiger partial charge in [0.05, 0.1) is 6.42 Å². The first kappa shape index (κ1) is 14.6. The first-order chi connectivity index (χ1) is 8.52. The number of carboxylic acid groups (broad SMARTS) is 1. The first-order valence-electron chi connectivity index (χ1n) is 6.23. The van der Waals surface area contributed by atoms with Gasteiger partial charge in [0.2, 0.25) is 0 Å². The Morgan fingerprint density at radius 1 is 1.50 bits per heavy atom. The van der Waals surface area contributed by atoms with Crippen LogP contribution in [0.3, 0.4) is 0 Å². The highest BCUT2D eigenvalue weighted by molar-refractivity contribution is 5.66. The second-order valence-corrected chi connectivity index (χ2v) is 4.46. The van der Waals surface area contributed by atoms with Crippen molar-refractivity contribution in [1.29, 1.82) is 0 Å². The monoisotopic (exact) mass is 253 g/mol. The molecule has 1 aromatic carbocycles. The third-order valence-corrected chi connectivity index (χ3v) is 3.06. The van der Waals surface area contributed by atoms with E-state index in [-0.39, 0.29) is 18.3 Å². The third-order valence-electron chi connectivity index (χ3n) is 3.06. The Hall–Kier alpha value is -1.42. The summed E-state index contributed by atoms with van der Waals surface area (Å²) in [4.78, 5) is 12.7. The van der Waals surface area contributed by atoms with Gasteiger partial charge >= 0.3 is 5.97 Å². The highest BCUT2D eigenvalue weighted by Gasteiger charge is 2.14. The Morgan fingerprint density at radius 2 is 2.22 bits per heavy atom. The molecule has 0 spiro atoms. The van der Waals surface area contributed by atoms with Crippen LogP contribution in [0.2, 0.25) is 0 Å². The summed E-state index contributed by atoms with van der Waals surface area (Å²) in [7, 11) is 0. The molecule has 4 heteroatoms. The van der Waals surface area contributed by atoms with Crippen molar-refractivity contribution in [1.82, 2.24) is 4.90 Å². The molecule has 3 nitrogen and oxygen atoms in total. The van der Waals surface area contributed by atoms with Gasteiger partial charge in [-0.3, -0.25) is 4.79 Å². The van der Waals surface area contributed by atoms with E-state index < -0.39 is 5.97 Å². The summed E-state index contributed by atoms with van der Waals surface area (Å²) in [6, 6.07) is 6.75. The number of rotatable bonds is 7. The van der Waals surface area contributed by atoms with Gasteiger partial charge in [-0.25, -0.2) is 4.39 Å². The maximum Gasteiger partial charge on any atom is 0.304 e. The van der Waals surface area contributed by atoms with E-state index >= 15 is 0 Å². The van der Waals surface area contributed by atoms with Crippen molar-refractivity contribution in [3.05, 3.63) is 35.6 Å². The number of halogens is 1. The molecule has 1 rings (SSSR count). The fraction of sp³-hybridized carbons (Fsp3) is 0.500. The van der Waals surface area contributed by atoms with E-state index in [9.17, 15) is 9.18 Å². The highest BCUT2D eigenvalue weighted by atomic mass is 19.1. The van der Waals surface area contributed by atoms with Crippen molar-refractivity contribution in [2.24, 2.45) is 0 Å². The molecule has 0 amide bonds. The topological polar surface area (TPSA) is 40.5 Å². The molecule has 1 atom stereocenters. The molecule has 1 aromatic rings. The standard InChI is InChI=1S/C14H20FNO2/c1-3-16(8-7-14(17)18)11(2)9-12-5-4-6-13(15)10-12/h4-6,10-11H,3,7-9H2,1-2H3,(H,17,18). The normalized spacial score (nSPS) is 12.7. The number of likely N-dealkylation sites (N-methyl/N-ethyl adjacent to an activating group) is 1. The summed E-state index contributed by atoms with van der Waals surface area (Å²) in [5.74, 6) is -1.01. The number of aliphatic carboxylic acids is 1. The lowest BCUT2D eigenvalue weighted by molar-refractivity contribution is -0.137. The van der Waals surface area contributed by atoms with Crippen molar-refractivity contribution in [3.63, 3.8) is 0 Å². The van der Waals surface area contributed by atoms with Gasteiger partial charge in [0.15, 0.2) is 0 Å². The number of hydrogen-bond acceptors (Lipinski definition) is 2. The molecule has 0 aliphatic heterocycles. The molecule has 1 unspecified atom stereocenters. The van der Waals surface area contributed by atoms with Gasteiger partial charge in [-0.15, -0.1) is 0 Å². The van der Waals surface area contributed by atoms with Gasteiger partial charge < -0.3 is 10.0 Å². The SMILES string of the molecule is CCN(CCC(=O)O)C(C)Cc1cccc(F)c1. The molecular weight excluding hydrogens is 233 g/mol. The van der Waals surface area contributed by atoms with E-state index in [2.05, 4.69) is 4.90 Å². The number of nitrogens with zero attached hydrogens (tertiary/aromatic N) is 1. The lowest BCUT2D eigenvalue weighted by Crippen LogP contribution is -2.36. The van der Waals surface area contributed by atoms with Crippen LogP contribution in [0.25, 0.3) is 0 Å². The van der Waals surface area contributed by atoms with Crippen molar-refractivity contribution >= 4 is 5.97 Å². The van der Waals surface area contributed by atoms with Crippen LogP contribution in [0, 0.1) is 5.82 Å². The Balaban J connectivity index is 2.56. The Kier molecular flexibility index (Phi) is 5.78. The molecule has 1 N–H and O–H groups in total. The Morgan fingerprint density at radius 3 is 2.78 bits per heavy atom.